The minimum absolute atomic E-state index is 0.00542. The molecule has 0 radical (unpaired) electrons. The lowest BCUT2D eigenvalue weighted by Crippen LogP contribution is -2.47. The van der Waals surface area contributed by atoms with Gasteiger partial charge in [-0.05, 0) is 13.8 Å². The zero-order valence-corrected chi connectivity index (χ0v) is 12.1. The lowest BCUT2D eigenvalue weighted by atomic mass is 10.1. The van der Waals surface area contributed by atoms with Gasteiger partial charge in [0.15, 0.2) is 0 Å². The van der Waals surface area contributed by atoms with E-state index in [2.05, 4.69) is 0 Å². The maximum Gasteiger partial charge on any atom is 0.281 e. The van der Waals surface area contributed by atoms with Crippen molar-refractivity contribution >= 4 is 16.0 Å². The van der Waals surface area contributed by atoms with Gasteiger partial charge in [0.1, 0.15) is 0 Å². The molecule has 0 rings (SSSR count). The van der Waals surface area contributed by atoms with Crippen LogP contribution in [-0.4, -0.2) is 49.0 Å². The van der Waals surface area contributed by atoms with Crippen molar-refractivity contribution in [1.82, 2.24) is 8.61 Å². The third-order valence-electron chi connectivity index (χ3n) is 2.78. The number of hydrogen-bond donors (Lipinski definition) is 2. The number of rotatable bonds is 7. The van der Waals surface area contributed by atoms with E-state index in [1.165, 1.54) is 8.61 Å². The molecule has 0 aromatic heterocycles. The molecule has 0 aromatic rings. The summed E-state index contributed by atoms with van der Waals surface area (Å²) in [6.45, 7) is 7.77. The van der Waals surface area contributed by atoms with Gasteiger partial charge in [0.25, 0.3) is 10.2 Å². The predicted molar refractivity (Wildman–Crippen MR) is 70.1 cm³/mol. The lowest BCUT2D eigenvalue weighted by molar-refractivity contribution is 0.331. The molecule has 6 nitrogen and oxygen atoms in total. The molecule has 0 bridgehead atoms. The molecule has 0 spiro atoms. The van der Waals surface area contributed by atoms with Crippen LogP contribution in [0, 0.1) is 11.3 Å². The summed E-state index contributed by atoms with van der Waals surface area (Å²) in [6, 6.07) is -0.0957. The Morgan fingerprint density at radius 2 is 1.82 bits per heavy atom. The van der Waals surface area contributed by atoms with E-state index in [-0.39, 0.29) is 24.3 Å². The highest BCUT2D eigenvalue weighted by molar-refractivity contribution is 7.86. The molecule has 1 atom stereocenters. The van der Waals surface area contributed by atoms with E-state index in [1.54, 1.807) is 20.9 Å². The van der Waals surface area contributed by atoms with E-state index < -0.39 is 10.2 Å². The fourth-order valence-electron chi connectivity index (χ4n) is 1.24. The van der Waals surface area contributed by atoms with Crippen molar-refractivity contribution in [2.75, 3.05) is 20.1 Å². The van der Waals surface area contributed by atoms with Gasteiger partial charge in [0.2, 0.25) is 0 Å². The van der Waals surface area contributed by atoms with Crippen molar-refractivity contribution < 1.29 is 8.42 Å². The standard InChI is InChI=1S/C10H24N4O2S/c1-6-14(7-9(4)10(11)12)17(15,16)13(5)8(2)3/h8-9H,6-7H2,1-5H3,(H3,11,12). The quantitative estimate of drug-likeness (QED) is 0.517. The molecule has 7 heteroatoms. The van der Waals surface area contributed by atoms with Gasteiger partial charge in [-0.1, -0.05) is 13.8 Å². The van der Waals surface area contributed by atoms with Crippen molar-refractivity contribution in [3.8, 4) is 0 Å². The second kappa shape index (κ2) is 6.32. The molecular weight excluding hydrogens is 240 g/mol. The van der Waals surface area contributed by atoms with Crippen LogP contribution in [0.4, 0.5) is 0 Å². The van der Waals surface area contributed by atoms with Crippen LogP contribution in [0.15, 0.2) is 0 Å². The molecule has 0 saturated heterocycles. The van der Waals surface area contributed by atoms with E-state index in [1.807, 2.05) is 13.8 Å². The second-order valence-corrected chi connectivity index (χ2v) is 6.41. The van der Waals surface area contributed by atoms with Crippen LogP contribution in [0.5, 0.6) is 0 Å². The van der Waals surface area contributed by atoms with Gasteiger partial charge in [0.05, 0.1) is 5.84 Å². The summed E-state index contributed by atoms with van der Waals surface area (Å²) in [6.07, 6.45) is 0. The van der Waals surface area contributed by atoms with Crippen LogP contribution in [-0.2, 0) is 10.2 Å². The van der Waals surface area contributed by atoms with Gasteiger partial charge in [-0.15, -0.1) is 0 Å². The number of amidine groups is 1. The highest BCUT2D eigenvalue weighted by Crippen LogP contribution is 2.12. The summed E-state index contributed by atoms with van der Waals surface area (Å²) < 4.78 is 27.1. The summed E-state index contributed by atoms with van der Waals surface area (Å²) in [4.78, 5) is 0. The highest BCUT2D eigenvalue weighted by Gasteiger charge is 2.28. The van der Waals surface area contributed by atoms with E-state index >= 15 is 0 Å². The van der Waals surface area contributed by atoms with Crippen LogP contribution in [0.1, 0.15) is 27.7 Å². The summed E-state index contributed by atoms with van der Waals surface area (Å²) in [5.41, 5.74) is 5.37. The second-order valence-electron chi connectivity index (χ2n) is 4.42. The molecule has 102 valence electrons. The zero-order valence-electron chi connectivity index (χ0n) is 11.3. The Hall–Kier alpha value is -0.660. The molecule has 0 aromatic carbocycles. The number of hydrogen-bond acceptors (Lipinski definition) is 3. The highest BCUT2D eigenvalue weighted by atomic mass is 32.2. The largest absolute Gasteiger partial charge is 0.387 e. The third kappa shape index (κ3) is 4.25. The Kier molecular flexibility index (Phi) is 6.08. The van der Waals surface area contributed by atoms with Gasteiger partial charge in [0, 0.05) is 32.1 Å². The summed E-state index contributed by atoms with van der Waals surface area (Å²) in [5, 5.41) is 7.31. The maximum atomic E-state index is 12.2. The van der Waals surface area contributed by atoms with Crippen molar-refractivity contribution in [2.24, 2.45) is 11.7 Å². The Bertz CT molecular complexity index is 353. The smallest absolute Gasteiger partial charge is 0.281 e. The molecule has 0 aliphatic carbocycles. The molecular formula is C10H24N4O2S. The number of nitrogens with two attached hydrogens (primary N) is 1. The van der Waals surface area contributed by atoms with Crippen molar-refractivity contribution in [3.05, 3.63) is 0 Å². The Balaban J connectivity index is 4.94. The van der Waals surface area contributed by atoms with Crippen LogP contribution in [0.3, 0.4) is 0 Å². The normalized spacial score (nSPS) is 14.6. The summed E-state index contributed by atoms with van der Waals surface area (Å²) in [5.74, 6) is -0.267. The first-order valence-electron chi connectivity index (χ1n) is 5.71. The van der Waals surface area contributed by atoms with Crippen molar-refractivity contribution in [1.29, 1.82) is 5.41 Å². The lowest BCUT2D eigenvalue weighted by Gasteiger charge is -2.30. The van der Waals surface area contributed by atoms with Crippen LogP contribution >= 0.6 is 0 Å². The van der Waals surface area contributed by atoms with Crippen molar-refractivity contribution in [2.45, 2.75) is 33.7 Å². The molecule has 0 fully saturated rings. The molecule has 0 aliphatic heterocycles. The molecule has 3 N–H and O–H groups in total. The molecule has 0 saturated carbocycles. The Labute approximate surface area is 104 Å². The van der Waals surface area contributed by atoms with Gasteiger partial charge >= 0.3 is 0 Å². The van der Waals surface area contributed by atoms with Crippen LogP contribution < -0.4 is 5.73 Å². The predicted octanol–water partition coefficient (Wildman–Crippen LogP) is 0.465. The number of nitrogens with one attached hydrogen (secondary N) is 1. The minimum Gasteiger partial charge on any atom is -0.387 e. The Morgan fingerprint density at radius 1 is 1.35 bits per heavy atom. The summed E-state index contributed by atoms with van der Waals surface area (Å²) >= 11 is 0. The van der Waals surface area contributed by atoms with E-state index in [0.717, 1.165) is 0 Å². The van der Waals surface area contributed by atoms with E-state index in [0.29, 0.717) is 6.54 Å². The fourth-order valence-corrected chi connectivity index (χ4v) is 2.87. The van der Waals surface area contributed by atoms with Crippen LogP contribution in [0.2, 0.25) is 0 Å². The van der Waals surface area contributed by atoms with Gasteiger partial charge in [-0.2, -0.15) is 17.0 Å². The molecule has 17 heavy (non-hydrogen) atoms. The van der Waals surface area contributed by atoms with Crippen molar-refractivity contribution in [3.63, 3.8) is 0 Å². The average molecular weight is 264 g/mol. The monoisotopic (exact) mass is 264 g/mol. The van der Waals surface area contributed by atoms with Gasteiger partial charge in [-0.3, -0.25) is 5.41 Å². The van der Waals surface area contributed by atoms with Gasteiger partial charge in [-0.25, -0.2) is 0 Å². The first kappa shape index (κ1) is 16.3. The van der Waals surface area contributed by atoms with E-state index in [4.69, 9.17) is 11.1 Å². The SMILES string of the molecule is CCN(CC(C)C(=N)N)S(=O)(=O)N(C)C(C)C. The van der Waals surface area contributed by atoms with Gasteiger partial charge < -0.3 is 5.73 Å². The van der Waals surface area contributed by atoms with E-state index in [9.17, 15) is 8.42 Å². The average Bonchev–Trinajstić information content (AvgIpc) is 2.23. The molecule has 0 aliphatic rings. The zero-order chi connectivity index (χ0) is 13.8. The first-order valence-corrected chi connectivity index (χ1v) is 7.11. The first-order chi connectivity index (χ1) is 7.64. The topological polar surface area (TPSA) is 90.5 Å². The maximum absolute atomic E-state index is 12.2. The number of nitrogens with zero attached hydrogens (tertiary/aromatic N) is 2. The van der Waals surface area contributed by atoms with Crippen LogP contribution in [0.25, 0.3) is 0 Å². The molecule has 0 amide bonds. The molecule has 0 heterocycles. The summed E-state index contributed by atoms with van der Waals surface area (Å²) in [7, 11) is -1.91. The Morgan fingerprint density at radius 3 is 2.12 bits per heavy atom. The third-order valence-corrected chi connectivity index (χ3v) is 4.99. The molecule has 1 unspecified atom stereocenters. The minimum atomic E-state index is -3.46. The fraction of sp³-hybridized carbons (Fsp3) is 0.900.